The molecular weight excluding hydrogens is 236 g/mol. The summed E-state index contributed by atoms with van der Waals surface area (Å²) < 4.78 is 5.27. The molecule has 2 N–H and O–H groups in total. The van der Waals surface area contributed by atoms with Gasteiger partial charge < -0.3 is 10.5 Å². The minimum atomic E-state index is 0.392. The molecule has 0 bridgehead atoms. The van der Waals surface area contributed by atoms with Gasteiger partial charge in [0.25, 0.3) is 0 Å². The van der Waals surface area contributed by atoms with Gasteiger partial charge in [-0.25, -0.2) is 0 Å². The normalized spacial score (nSPS) is 11.5. The highest BCUT2D eigenvalue weighted by atomic mass is 16.5. The summed E-state index contributed by atoms with van der Waals surface area (Å²) in [6.45, 7) is 8.72. The van der Waals surface area contributed by atoms with E-state index in [0.29, 0.717) is 17.5 Å². The zero-order chi connectivity index (χ0) is 14.2. The fourth-order valence-electron chi connectivity index (χ4n) is 2.36. The number of hydrogen-bond acceptors (Lipinski definition) is 3. The van der Waals surface area contributed by atoms with E-state index in [1.807, 2.05) is 12.1 Å². The maximum Gasteiger partial charge on any atom is 0.121 e. The molecule has 0 aliphatic heterocycles. The highest BCUT2D eigenvalue weighted by Crippen LogP contribution is 2.32. The first-order chi connectivity index (χ1) is 8.93. The first kappa shape index (κ1) is 13.7. The SMILES string of the molecule is COc1cc(N)c2nc(C(C)C)c(C(C)C)cc2c1. The van der Waals surface area contributed by atoms with E-state index in [2.05, 4.69) is 33.8 Å². The molecule has 0 saturated carbocycles. The summed E-state index contributed by atoms with van der Waals surface area (Å²) in [7, 11) is 1.65. The Balaban J connectivity index is 2.77. The van der Waals surface area contributed by atoms with Crippen molar-refractivity contribution in [3.63, 3.8) is 0 Å². The highest BCUT2D eigenvalue weighted by Gasteiger charge is 2.15. The van der Waals surface area contributed by atoms with E-state index in [1.165, 1.54) is 5.56 Å². The molecule has 0 aliphatic rings. The summed E-state index contributed by atoms with van der Waals surface area (Å²) in [5, 5.41) is 1.05. The molecule has 2 aromatic rings. The van der Waals surface area contributed by atoms with Crippen LogP contribution in [-0.2, 0) is 0 Å². The van der Waals surface area contributed by atoms with Crippen molar-refractivity contribution >= 4 is 16.6 Å². The Morgan fingerprint density at radius 3 is 2.26 bits per heavy atom. The summed E-state index contributed by atoms with van der Waals surface area (Å²) in [6, 6.07) is 6.02. The second kappa shape index (κ2) is 5.08. The fraction of sp³-hybridized carbons (Fsp3) is 0.438. The standard InChI is InChI=1S/C16H22N2O/c1-9(2)13-7-11-6-12(19-5)8-14(17)16(11)18-15(13)10(3)4/h6-10H,17H2,1-5H3. The molecule has 3 heteroatoms. The topological polar surface area (TPSA) is 48.1 Å². The molecule has 102 valence electrons. The van der Waals surface area contributed by atoms with E-state index >= 15 is 0 Å². The molecule has 0 unspecified atom stereocenters. The van der Waals surface area contributed by atoms with Gasteiger partial charge in [-0.05, 0) is 29.5 Å². The van der Waals surface area contributed by atoms with Crippen LogP contribution in [0.3, 0.4) is 0 Å². The number of fused-ring (bicyclic) bond motifs is 1. The van der Waals surface area contributed by atoms with Gasteiger partial charge >= 0.3 is 0 Å². The van der Waals surface area contributed by atoms with Crippen LogP contribution in [0.15, 0.2) is 18.2 Å². The Morgan fingerprint density at radius 2 is 1.74 bits per heavy atom. The van der Waals surface area contributed by atoms with Crippen molar-refractivity contribution in [2.24, 2.45) is 0 Å². The molecule has 0 amide bonds. The van der Waals surface area contributed by atoms with Crippen LogP contribution in [0.2, 0.25) is 0 Å². The predicted octanol–water partition coefficient (Wildman–Crippen LogP) is 4.07. The lowest BCUT2D eigenvalue weighted by molar-refractivity contribution is 0.415. The van der Waals surface area contributed by atoms with E-state index in [9.17, 15) is 0 Å². The number of nitrogens with two attached hydrogens (primary N) is 1. The zero-order valence-corrected chi connectivity index (χ0v) is 12.3. The van der Waals surface area contributed by atoms with Crippen LogP contribution < -0.4 is 10.5 Å². The molecule has 0 radical (unpaired) electrons. The molecule has 0 aliphatic carbocycles. The van der Waals surface area contributed by atoms with Crippen molar-refractivity contribution in [3.8, 4) is 5.75 Å². The Bertz CT molecular complexity index is 603. The van der Waals surface area contributed by atoms with Crippen molar-refractivity contribution < 1.29 is 4.74 Å². The lowest BCUT2D eigenvalue weighted by Gasteiger charge is -2.17. The summed E-state index contributed by atoms with van der Waals surface area (Å²) in [5.41, 5.74) is 10.1. The van der Waals surface area contributed by atoms with Crippen LogP contribution in [0.5, 0.6) is 5.75 Å². The van der Waals surface area contributed by atoms with E-state index in [4.69, 9.17) is 15.5 Å². The lowest BCUT2D eigenvalue weighted by Crippen LogP contribution is -2.04. The van der Waals surface area contributed by atoms with Crippen LogP contribution in [0.1, 0.15) is 50.8 Å². The monoisotopic (exact) mass is 258 g/mol. The third-order valence-corrected chi connectivity index (χ3v) is 3.39. The van der Waals surface area contributed by atoms with Gasteiger partial charge in [-0.15, -0.1) is 0 Å². The third kappa shape index (κ3) is 2.50. The molecule has 0 saturated heterocycles. The molecule has 1 aromatic carbocycles. The molecule has 19 heavy (non-hydrogen) atoms. The van der Waals surface area contributed by atoms with Gasteiger partial charge in [0.1, 0.15) is 5.75 Å². The number of ether oxygens (including phenoxy) is 1. The minimum Gasteiger partial charge on any atom is -0.497 e. The number of aromatic nitrogens is 1. The second-order valence-corrected chi connectivity index (χ2v) is 5.56. The van der Waals surface area contributed by atoms with Gasteiger partial charge in [-0.1, -0.05) is 27.7 Å². The zero-order valence-electron chi connectivity index (χ0n) is 12.3. The summed E-state index contributed by atoms with van der Waals surface area (Å²) in [6.07, 6.45) is 0. The van der Waals surface area contributed by atoms with Crippen molar-refractivity contribution in [3.05, 3.63) is 29.5 Å². The smallest absolute Gasteiger partial charge is 0.121 e. The number of pyridine rings is 1. The van der Waals surface area contributed by atoms with Gasteiger partial charge in [-0.3, -0.25) is 4.98 Å². The fourth-order valence-corrected chi connectivity index (χ4v) is 2.36. The van der Waals surface area contributed by atoms with Gasteiger partial charge in [0, 0.05) is 17.1 Å². The third-order valence-electron chi connectivity index (χ3n) is 3.39. The molecule has 0 spiro atoms. The Hall–Kier alpha value is -1.77. The van der Waals surface area contributed by atoms with E-state index in [1.54, 1.807) is 7.11 Å². The van der Waals surface area contributed by atoms with Crippen LogP contribution in [-0.4, -0.2) is 12.1 Å². The van der Waals surface area contributed by atoms with E-state index < -0.39 is 0 Å². The maximum atomic E-state index is 6.09. The molecular formula is C16H22N2O. The summed E-state index contributed by atoms with van der Waals surface area (Å²) in [5.74, 6) is 1.61. The first-order valence-electron chi connectivity index (χ1n) is 6.72. The molecule has 1 aromatic heterocycles. The molecule has 0 atom stereocenters. The van der Waals surface area contributed by atoms with Crippen molar-refractivity contribution in [1.82, 2.24) is 4.98 Å². The summed E-state index contributed by atoms with van der Waals surface area (Å²) in [4.78, 5) is 4.79. The average molecular weight is 258 g/mol. The average Bonchev–Trinajstić information content (AvgIpc) is 2.36. The lowest BCUT2D eigenvalue weighted by atomic mass is 9.93. The number of rotatable bonds is 3. The van der Waals surface area contributed by atoms with Gasteiger partial charge in [0.15, 0.2) is 0 Å². The number of nitrogens with zero attached hydrogens (tertiary/aromatic N) is 1. The quantitative estimate of drug-likeness (QED) is 0.844. The van der Waals surface area contributed by atoms with E-state index in [-0.39, 0.29) is 0 Å². The van der Waals surface area contributed by atoms with Crippen molar-refractivity contribution in [2.45, 2.75) is 39.5 Å². The Kier molecular flexibility index (Phi) is 3.65. The second-order valence-electron chi connectivity index (χ2n) is 5.56. The number of anilines is 1. The predicted molar refractivity (Wildman–Crippen MR) is 80.9 cm³/mol. The van der Waals surface area contributed by atoms with Gasteiger partial charge in [0.2, 0.25) is 0 Å². The van der Waals surface area contributed by atoms with Crippen molar-refractivity contribution in [1.29, 1.82) is 0 Å². The van der Waals surface area contributed by atoms with Crippen LogP contribution >= 0.6 is 0 Å². The minimum absolute atomic E-state index is 0.392. The number of nitrogen functional groups attached to an aromatic ring is 1. The Labute approximate surface area is 114 Å². The first-order valence-corrected chi connectivity index (χ1v) is 6.72. The summed E-state index contributed by atoms with van der Waals surface area (Å²) >= 11 is 0. The van der Waals surface area contributed by atoms with Crippen LogP contribution in [0, 0.1) is 0 Å². The van der Waals surface area contributed by atoms with Crippen LogP contribution in [0.4, 0.5) is 5.69 Å². The number of benzene rings is 1. The number of methoxy groups -OCH3 is 1. The van der Waals surface area contributed by atoms with E-state index in [0.717, 1.165) is 22.3 Å². The highest BCUT2D eigenvalue weighted by molar-refractivity contribution is 5.91. The molecule has 3 nitrogen and oxygen atoms in total. The maximum absolute atomic E-state index is 6.09. The van der Waals surface area contributed by atoms with Gasteiger partial charge in [0.05, 0.1) is 18.3 Å². The van der Waals surface area contributed by atoms with Gasteiger partial charge in [-0.2, -0.15) is 0 Å². The number of hydrogen-bond donors (Lipinski definition) is 1. The Morgan fingerprint density at radius 1 is 1.05 bits per heavy atom. The van der Waals surface area contributed by atoms with Crippen LogP contribution in [0.25, 0.3) is 10.9 Å². The molecule has 2 rings (SSSR count). The molecule has 0 fully saturated rings. The largest absolute Gasteiger partial charge is 0.497 e. The molecule has 1 heterocycles. The van der Waals surface area contributed by atoms with Crippen molar-refractivity contribution in [2.75, 3.05) is 12.8 Å².